The average molecular weight is 425 g/mol. The predicted molar refractivity (Wildman–Crippen MR) is 123 cm³/mol. The number of phenolic OH excluding ortho intramolecular Hbond substituents is 3. The van der Waals surface area contributed by atoms with E-state index in [0.717, 1.165) is 11.1 Å². The molecule has 0 fully saturated rings. The number of hydrogen-bond acceptors (Lipinski definition) is 5. The average Bonchev–Trinajstić information content (AvgIpc) is 2.72. The molecule has 0 spiro atoms. The van der Waals surface area contributed by atoms with Crippen LogP contribution in [0.15, 0.2) is 35.9 Å². The summed E-state index contributed by atoms with van der Waals surface area (Å²) in [6.07, 6.45) is 6.79. The third kappa shape index (κ3) is 4.82. The van der Waals surface area contributed by atoms with E-state index >= 15 is 0 Å². The van der Waals surface area contributed by atoms with Crippen LogP contribution in [0.5, 0.6) is 28.7 Å². The molecule has 1 aliphatic heterocycles. The molecule has 0 saturated carbocycles. The summed E-state index contributed by atoms with van der Waals surface area (Å²) in [5, 5.41) is 32.1. The molecule has 0 radical (unpaired) electrons. The van der Waals surface area contributed by atoms with E-state index < -0.39 is 0 Å². The van der Waals surface area contributed by atoms with Crippen LogP contribution in [0.3, 0.4) is 0 Å². The number of benzene rings is 2. The maximum Gasteiger partial charge on any atom is 0.130 e. The molecule has 0 amide bonds. The normalized spacial score (nSPS) is 15.6. The van der Waals surface area contributed by atoms with Crippen LogP contribution < -0.4 is 9.47 Å². The number of allylic oxidation sites excluding steroid dienone is 3. The molecular weight excluding hydrogens is 392 g/mol. The first-order valence-electron chi connectivity index (χ1n) is 10.6. The Labute approximate surface area is 184 Å². The number of methoxy groups -OCH3 is 1. The molecule has 0 bridgehead atoms. The summed E-state index contributed by atoms with van der Waals surface area (Å²) in [6.45, 7) is 8.45. The Bertz CT molecular complexity index is 1010. The maximum absolute atomic E-state index is 11.0. The lowest BCUT2D eigenvalue weighted by molar-refractivity contribution is 0.253. The molecule has 0 saturated heterocycles. The minimum absolute atomic E-state index is 0.0341. The molecule has 1 atom stereocenters. The second-order valence-corrected chi connectivity index (χ2v) is 8.62. The first-order valence-corrected chi connectivity index (χ1v) is 10.6. The van der Waals surface area contributed by atoms with Gasteiger partial charge in [-0.15, -0.1) is 0 Å². The van der Waals surface area contributed by atoms with Crippen molar-refractivity contribution in [2.45, 2.75) is 46.5 Å². The highest BCUT2D eigenvalue weighted by Gasteiger charge is 2.29. The van der Waals surface area contributed by atoms with Crippen LogP contribution in [-0.4, -0.2) is 29.0 Å². The second-order valence-electron chi connectivity index (χ2n) is 8.62. The van der Waals surface area contributed by atoms with Gasteiger partial charge in [0.05, 0.1) is 19.3 Å². The van der Waals surface area contributed by atoms with E-state index in [9.17, 15) is 15.3 Å². The molecule has 3 rings (SSSR count). The molecule has 5 nitrogen and oxygen atoms in total. The summed E-state index contributed by atoms with van der Waals surface area (Å²) in [6, 6.07) is 5.15. The SMILES string of the molecule is COc1cc2c(c(O)c1CC=C(C)C)CC(c1ccc(O)c(C=CC(C)C)c1O)CO2. The fourth-order valence-electron chi connectivity index (χ4n) is 3.81. The van der Waals surface area contributed by atoms with Gasteiger partial charge in [-0.3, -0.25) is 0 Å². The van der Waals surface area contributed by atoms with E-state index in [1.165, 1.54) is 0 Å². The van der Waals surface area contributed by atoms with Crippen LogP contribution in [-0.2, 0) is 12.8 Å². The maximum atomic E-state index is 11.0. The van der Waals surface area contributed by atoms with Crippen LogP contribution in [0.2, 0.25) is 0 Å². The quantitative estimate of drug-likeness (QED) is 0.518. The van der Waals surface area contributed by atoms with E-state index in [-0.39, 0.29) is 23.2 Å². The van der Waals surface area contributed by atoms with Crippen molar-refractivity contribution in [2.24, 2.45) is 5.92 Å². The molecule has 5 heteroatoms. The van der Waals surface area contributed by atoms with Crippen molar-refractivity contribution < 1.29 is 24.8 Å². The van der Waals surface area contributed by atoms with Crippen molar-refractivity contribution in [2.75, 3.05) is 13.7 Å². The van der Waals surface area contributed by atoms with E-state index in [1.54, 1.807) is 25.3 Å². The first kappa shape index (κ1) is 22.6. The van der Waals surface area contributed by atoms with Gasteiger partial charge in [-0.25, -0.2) is 0 Å². The summed E-state index contributed by atoms with van der Waals surface area (Å²) in [7, 11) is 1.58. The number of rotatable bonds is 6. The van der Waals surface area contributed by atoms with E-state index in [2.05, 4.69) is 0 Å². The summed E-state index contributed by atoms with van der Waals surface area (Å²) >= 11 is 0. The minimum atomic E-state index is -0.158. The molecule has 0 aromatic heterocycles. The van der Waals surface area contributed by atoms with Crippen LogP contribution in [0.4, 0.5) is 0 Å². The third-order valence-corrected chi connectivity index (χ3v) is 5.57. The van der Waals surface area contributed by atoms with Gasteiger partial charge in [0.25, 0.3) is 0 Å². The highest BCUT2D eigenvalue weighted by Crippen LogP contribution is 2.46. The number of ether oxygens (including phenoxy) is 2. The number of fused-ring (bicyclic) bond motifs is 1. The number of phenols is 3. The van der Waals surface area contributed by atoms with E-state index in [1.807, 2.05) is 45.9 Å². The summed E-state index contributed by atoms with van der Waals surface area (Å²) in [5.74, 6) is 1.59. The minimum Gasteiger partial charge on any atom is -0.507 e. The van der Waals surface area contributed by atoms with Crippen molar-refractivity contribution in [3.8, 4) is 28.7 Å². The van der Waals surface area contributed by atoms with Gasteiger partial charge in [0.2, 0.25) is 0 Å². The van der Waals surface area contributed by atoms with Gasteiger partial charge in [0, 0.05) is 28.7 Å². The fraction of sp³-hybridized carbons (Fsp3) is 0.385. The molecule has 1 aliphatic rings. The first-order chi connectivity index (χ1) is 14.7. The monoisotopic (exact) mass is 424 g/mol. The Kier molecular flexibility index (Phi) is 6.84. The van der Waals surface area contributed by atoms with Crippen LogP contribution in [0, 0.1) is 5.92 Å². The van der Waals surface area contributed by atoms with Crippen molar-refractivity contribution in [1.29, 1.82) is 0 Å². The van der Waals surface area contributed by atoms with E-state index in [0.29, 0.717) is 53.6 Å². The van der Waals surface area contributed by atoms with Gasteiger partial charge < -0.3 is 24.8 Å². The predicted octanol–water partition coefficient (Wildman–Crippen LogP) is 5.71. The Morgan fingerprint density at radius 2 is 1.94 bits per heavy atom. The molecule has 31 heavy (non-hydrogen) atoms. The Balaban J connectivity index is 2.00. The van der Waals surface area contributed by atoms with Crippen molar-refractivity contribution in [3.63, 3.8) is 0 Å². The third-order valence-electron chi connectivity index (χ3n) is 5.57. The van der Waals surface area contributed by atoms with Gasteiger partial charge >= 0.3 is 0 Å². The Morgan fingerprint density at radius 3 is 2.58 bits per heavy atom. The van der Waals surface area contributed by atoms with Gasteiger partial charge in [0.15, 0.2) is 0 Å². The highest BCUT2D eigenvalue weighted by molar-refractivity contribution is 5.67. The van der Waals surface area contributed by atoms with Crippen LogP contribution in [0.1, 0.15) is 55.9 Å². The molecule has 1 unspecified atom stereocenters. The van der Waals surface area contributed by atoms with Gasteiger partial charge in [-0.05, 0) is 38.7 Å². The standard InChI is InChI=1S/C26H32O5/c1-15(2)6-8-19-22(27)11-10-18(25(19)28)17-12-21-24(31-14-17)13-23(30-5)20(26(21)29)9-7-16(3)4/h6-8,10-11,13,15,17,27-29H,9,12,14H2,1-5H3. The molecule has 2 aromatic carbocycles. The fourth-order valence-corrected chi connectivity index (χ4v) is 3.81. The molecule has 3 N–H and O–H groups in total. The number of hydrogen-bond donors (Lipinski definition) is 3. The zero-order valence-corrected chi connectivity index (χ0v) is 18.9. The molecule has 1 heterocycles. The van der Waals surface area contributed by atoms with Crippen LogP contribution >= 0.6 is 0 Å². The summed E-state index contributed by atoms with van der Waals surface area (Å²) in [4.78, 5) is 0. The van der Waals surface area contributed by atoms with Gasteiger partial charge in [-0.2, -0.15) is 0 Å². The zero-order chi connectivity index (χ0) is 22.7. The van der Waals surface area contributed by atoms with Crippen molar-refractivity contribution >= 4 is 6.08 Å². The zero-order valence-electron chi connectivity index (χ0n) is 18.9. The lowest BCUT2D eigenvalue weighted by Gasteiger charge is -2.28. The number of aromatic hydroxyl groups is 3. The van der Waals surface area contributed by atoms with Crippen molar-refractivity contribution in [1.82, 2.24) is 0 Å². The Morgan fingerprint density at radius 1 is 1.19 bits per heavy atom. The van der Waals surface area contributed by atoms with Crippen molar-refractivity contribution in [3.05, 3.63) is 58.2 Å². The topological polar surface area (TPSA) is 79.2 Å². The molecule has 0 aliphatic carbocycles. The van der Waals surface area contributed by atoms with Gasteiger partial charge in [0.1, 0.15) is 28.7 Å². The van der Waals surface area contributed by atoms with E-state index in [4.69, 9.17) is 9.47 Å². The molecule has 2 aromatic rings. The summed E-state index contributed by atoms with van der Waals surface area (Å²) < 4.78 is 11.5. The van der Waals surface area contributed by atoms with Gasteiger partial charge in [-0.1, -0.05) is 43.7 Å². The second kappa shape index (κ2) is 9.38. The lowest BCUT2D eigenvalue weighted by Crippen LogP contribution is -2.20. The summed E-state index contributed by atoms with van der Waals surface area (Å²) in [5.41, 5.74) is 3.68. The largest absolute Gasteiger partial charge is 0.507 e. The molecular formula is C26H32O5. The highest BCUT2D eigenvalue weighted by atomic mass is 16.5. The smallest absolute Gasteiger partial charge is 0.130 e. The molecule has 166 valence electrons. The Hall–Kier alpha value is -3.08. The van der Waals surface area contributed by atoms with Crippen LogP contribution in [0.25, 0.3) is 6.08 Å². The lowest BCUT2D eigenvalue weighted by atomic mass is 9.86.